The number of fused-ring (bicyclic) bond motifs is 1. The fourth-order valence-corrected chi connectivity index (χ4v) is 3.13. The lowest BCUT2D eigenvalue weighted by Gasteiger charge is -2.13. The summed E-state index contributed by atoms with van der Waals surface area (Å²) in [4.78, 5) is 15.4. The standard InChI is InChI=1S/C23H17NO4/c1-15-20-13-17(28-16-7-3-2-4-8-16)11-12-18(20)23(26)22(24-15)19-9-5-6-10-21(19)27-14-25/h2-14,26H,1H3. The predicted octanol–water partition coefficient (Wildman–Crippen LogP) is 5.24. The molecule has 0 aliphatic rings. The Hall–Kier alpha value is -3.86. The van der Waals surface area contributed by atoms with Crippen molar-refractivity contribution in [2.75, 3.05) is 0 Å². The summed E-state index contributed by atoms with van der Waals surface area (Å²) in [7, 11) is 0. The summed E-state index contributed by atoms with van der Waals surface area (Å²) in [6.07, 6.45) is 0. The van der Waals surface area contributed by atoms with E-state index in [9.17, 15) is 9.90 Å². The van der Waals surface area contributed by atoms with Crippen LogP contribution in [0.3, 0.4) is 0 Å². The van der Waals surface area contributed by atoms with Gasteiger partial charge in [-0.15, -0.1) is 0 Å². The highest BCUT2D eigenvalue weighted by Gasteiger charge is 2.17. The van der Waals surface area contributed by atoms with Crippen LogP contribution in [-0.4, -0.2) is 16.6 Å². The zero-order valence-electron chi connectivity index (χ0n) is 15.1. The molecule has 0 aliphatic heterocycles. The number of aryl methyl sites for hydroxylation is 1. The minimum Gasteiger partial charge on any atom is -0.505 e. The number of pyridine rings is 1. The first-order chi connectivity index (χ1) is 13.7. The molecule has 0 spiro atoms. The van der Waals surface area contributed by atoms with Gasteiger partial charge in [0, 0.05) is 22.0 Å². The Kier molecular flexibility index (Phi) is 4.64. The molecule has 0 atom stereocenters. The molecule has 4 aromatic rings. The van der Waals surface area contributed by atoms with Gasteiger partial charge in [-0.25, -0.2) is 4.98 Å². The Morgan fingerprint density at radius 3 is 2.43 bits per heavy atom. The number of nitrogens with zero attached hydrogens (tertiary/aromatic N) is 1. The molecule has 0 bridgehead atoms. The first kappa shape index (κ1) is 17.5. The van der Waals surface area contributed by atoms with E-state index in [1.165, 1.54) is 0 Å². The third-order valence-electron chi connectivity index (χ3n) is 4.44. The lowest BCUT2D eigenvalue weighted by molar-refractivity contribution is -0.120. The topological polar surface area (TPSA) is 68.7 Å². The largest absolute Gasteiger partial charge is 0.505 e. The van der Waals surface area contributed by atoms with Crippen molar-refractivity contribution >= 4 is 17.2 Å². The van der Waals surface area contributed by atoms with Crippen molar-refractivity contribution in [2.45, 2.75) is 6.92 Å². The molecular weight excluding hydrogens is 354 g/mol. The normalized spacial score (nSPS) is 10.6. The maximum atomic E-state index is 10.9. The van der Waals surface area contributed by atoms with Crippen molar-refractivity contribution in [1.29, 1.82) is 0 Å². The van der Waals surface area contributed by atoms with E-state index in [1.807, 2.05) is 43.3 Å². The minimum absolute atomic E-state index is 0.0220. The summed E-state index contributed by atoms with van der Waals surface area (Å²) in [6.45, 7) is 2.22. The van der Waals surface area contributed by atoms with E-state index in [0.29, 0.717) is 34.6 Å². The zero-order valence-corrected chi connectivity index (χ0v) is 15.1. The molecule has 1 heterocycles. The summed E-state index contributed by atoms with van der Waals surface area (Å²) in [5, 5.41) is 12.3. The van der Waals surface area contributed by atoms with E-state index in [4.69, 9.17) is 9.47 Å². The summed E-state index contributed by atoms with van der Waals surface area (Å²) in [5.41, 5.74) is 1.63. The van der Waals surface area contributed by atoms with Crippen molar-refractivity contribution in [3.8, 4) is 34.3 Å². The number of hydrogen-bond acceptors (Lipinski definition) is 5. The van der Waals surface area contributed by atoms with E-state index >= 15 is 0 Å². The van der Waals surface area contributed by atoms with Gasteiger partial charge in [0.15, 0.2) is 0 Å². The summed E-state index contributed by atoms with van der Waals surface area (Å²) in [6, 6.07) is 21.9. The van der Waals surface area contributed by atoms with E-state index in [1.54, 1.807) is 36.4 Å². The zero-order chi connectivity index (χ0) is 19.5. The minimum atomic E-state index is 0.0220. The molecule has 5 heteroatoms. The first-order valence-corrected chi connectivity index (χ1v) is 8.73. The van der Waals surface area contributed by atoms with Crippen LogP contribution in [0.2, 0.25) is 0 Å². The molecule has 0 aliphatic carbocycles. The van der Waals surface area contributed by atoms with Crippen LogP contribution in [-0.2, 0) is 4.79 Å². The summed E-state index contributed by atoms with van der Waals surface area (Å²) >= 11 is 0. The molecule has 0 amide bonds. The van der Waals surface area contributed by atoms with Gasteiger partial charge >= 0.3 is 0 Å². The Balaban J connectivity index is 1.81. The van der Waals surface area contributed by atoms with Crippen LogP contribution in [0.5, 0.6) is 23.0 Å². The molecule has 4 rings (SSSR count). The Morgan fingerprint density at radius 2 is 1.64 bits per heavy atom. The Bertz CT molecular complexity index is 1160. The monoisotopic (exact) mass is 371 g/mol. The molecule has 0 saturated carbocycles. The average molecular weight is 371 g/mol. The molecule has 0 fully saturated rings. The van der Waals surface area contributed by atoms with E-state index in [-0.39, 0.29) is 5.75 Å². The van der Waals surface area contributed by atoms with Gasteiger partial charge in [-0.2, -0.15) is 0 Å². The number of carbonyl (C=O) groups excluding carboxylic acids is 1. The van der Waals surface area contributed by atoms with E-state index in [0.717, 1.165) is 16.8 Å². The van der Waals surface area contributed by atoms with Crippen LogP contribution < -0.4 is 9.47 Å². The number of benzene rings is 3. The summed E-state index contributed by atoms with van der Waals surface area (Å²) in [5.74, 6) is 1.74. The fourth-order valence-electron chi connectivity index (χ4n) is 3.13. The molecule has 5 nitrogen and oxygen atoms in total. The molecule has 3 aromatic carbocycles. The quantitative estimate of drug-likeness (QED) is 0.486. The number of aromatic hydroxyl groups is 1. The van der Waals surface area contributed by atoms with Gasteiger partial charge in [0.2, 0.25) is 0 Å². The van der Waals surface area contributed by atoms with Crippen LogP contribution in [0.4, 0.5) is 0 Å². The van der Waals surface area contributed by atoms with Crippen molar-refractivity contribution in [1.82, 2.24) is 4.98 Å². The molecule has 138 valence electrons. The second-order valence-corrected chi connectivity index (χ2v) is 6.23. The van der Waals surface area contributed by atoms with Crippen LogP contribution in [0.1, 0.15) is 5.69 Å². The maximum Gasteiger partial charge on any atom is 0.298 e. The van der Waals surface area contributed by atoms with E-state index in [2.05, 4.69) is 4.98 Å². The van der Waals surface area contributed by atoms with Crippen molar-refractivity contribution in [2.24, 2.45) is 0 Å². The van der Waals surface area contributed by atoms with Gasteiger partial charge in [0.25, 0.3) is 6.47 Å². The predicted molar refractivity (Wildman–Crippen MR) is 107 cm³/mol. The first-order valence-electron chi connectivity index (χ1n) is 8.73. The smallest absolute Gasteiger partial charge is 0.298 e. The van der Waals surface area contributed by atoms with Gasteiger partial charge in [-0.3, -0.25) is 4.79 Å². The molecule has 28 heavy (non-hydrogen) atoms. The van der Waals surface area contributed by atoms with Gasteiger partial charge in [0.05, 0.1) is 0 Å². The molecule has 0 radical (unpaired) electrons. The molecule has 1 aromatic heterocycles. The Labute approximate surface area is 161 Å². The second kappa shape index (κ2) is 7.40. The highest BCUT2D eigenvalue weighted by atomic mass is 16.5. The highest BCUT2D eigenvalue weighted by Crippen LogP contribution is 2.40. The molecule has 0 unspecified atom stereocenters. The SMILES string of the molecule is Cc1nc(-c2ccccc2OC=O)c(O)c2ccc(Oc3ccccc3)cc12. The van der Waals surface area contributed by atoms with Gasteiger partial charge in [-0.1, -0.05) is 30.3 Å². The number of rotatable bonds is 5. The number of carbonyl (C=O) groups is 1. The van der Waals surface area contributed by atoms with Gasteiger partial charge < -0.3 is 14.6 Å². The molecule has 0 saturated heterocycles. The van der Waals surface area contributed by atoms with Gasteiger partial charge in [0.1, 0.15) is 28.7 Å². The number of aromatic nitrogens is 1. The van der Waals surface area contributed by atoms with Crippen molar-refractivity contribution in [3.63, 3.8) is 0 Å². The second-order valence-electron chi connectivity index (χ2n) is 6.23. The maximum absolute atomic E-state index is 10.9. The number of ether oxygens (including phenoxy) is 2. The van der Waals surface area contributed by atoms with Crippen LogP contribution in [0.15, 0.2) is 72.8 Å². The van der Waals surface area contributed by atoms with Crippen molar-refractivity contribution in [3.05, 3.63) is 78.5 Å². The van der Waals surface area contributed by atoms with E-state index < -0.39 is 0 Å². The third kappa shape index (κ3) is 3.25. The van der Waals surface area contributed by atoms with Gasteiger partial charge in [-0.05, 0) is 49.4 Å². The molecular formula is C23H17NO4. The fraction of sp³-hybridized carbons (Fsp3) is 0.0435. The summed E-state index contributed by atoms with van der Waals surface area (Å²) < 4.78 is 10.9. The Morgan fingerprint density at radius 1 is 0.893 bits per heavy atom. The van der Waals surface area contributed by atoms with Crippen LogP contribution in [0.25, 0.3) is 22.0 Å². The highest BCUT2D eigenvalue weighted by molar-refractivity contribution is 5.96. The lowest BCUT2D eigenvalue weighted by atomic mass is 10.0. The van der Waals surface area contributed by atoms with Crippen LogP contribution >= 0.6 is 0 Å². The number of para-hydroxylation sites is 2. The van der Waals surface area contributed by atoms with Crippen molar-refractivity contribution < 1.29 is 19.4 Å². The molecule has 1 N–H and O–H groups in total. The number of hydrogen-bond donors (Lipinski definition) is 1. The van der Waals surface area contributed by atoms with Crippen LogP contribution in [0, 0.1) is 6.92 Å². The lowest BCUT2D eigenvalue weighted by Crippen LogP contribution is -1.96. The average Bonchev–Trinajstić information content (AvgIpc) is 2.72. The third-order valence-corrected chi connectivity index (χ3v) is 4.44.